The molecule has 25 heavy (non-hydrogen) atoms. The summed E-state index contributed by atoms with van der Waals surface area (Å²) in [6.45, 7) is 5.07. The molecule has 7 heteroatoms. The van der Waals surface area contributed by atoms with Gasteiger partial charge in [0, 0.05) is 17.7 Å². The van der Waals surface area contributed by atoms with Gasteiger partial charge in [0.1, 0.15) is 23.8 Å². The van der Waals surface area contributed by atoms with Crippen LogP contribution in [0.2, 0.25) is 0 Å². The number of hydrogen-bond acceptors (Lipinski definition) is 6. The zero-order valence-electron chi connectivity index (χ0n) is 14.2. The maximum absolute atomic E-state index is 13.4. The molecular formula is C18H21FO4S2. The molecule has 0 bridgehead atoms. The fraction of sp³-hybridized carbons (Fsp3) is 0.444. The van der Waals surface area contributed by atoms with Gasteiger partial charge in [-0.2, -0.15) is 0 Å². The van der Waals surface area contributed by atoms with Gasteiger partial charge in [0.25, 0.3) is 0 Å². The van der Waals surface area contributed by atoms with Crippen molar-refractivity contribution in [2.75, 3.05) is 25.6 Å². The highest BCUT2D eigenvalue weighted by Gasteiger charge is 2.10. The second kappa shape index (κ2) is 9.89. The highest BCUT2D eigenvalue weighted by molar-refractivity contribution is 8.13. The Morgan fingerprint density at radius 3 is 2.88 bits per heavy atom. The topological polar surface area (TPSA) is 48.7 Å². The summed E-state index contributed by atoms with van der Waals surface area (Å²) in [5.41, 5.74) is 0.477. The van der Waals surface area contributed by atoms with E-state index in [1.54, 1.807) is 6.07 Å². The van der Waals surface area contributed by atoms with Gasteiger partial charge in [0.05, 0.1) is 18.6 Å². The Balaban J connectivity index is 1.77. The van der Waals surface area contributed by atoms with Gasteiger partial charge in [-0.3, -0.25) is 4.79 Å². The minimum atomic E-state index is -0.371. The summed E-state index contributed by atoms with van der Waals surface area (Å²) < 4.78 is 30.2. The van der Waals surface area contributed by atoms with E-state index in [-0.39, 0.29) is 21.6 Å². The quantitative estimate of drug-likeness (QED) is 0.448. The van der Waals surface area contributed by atoms with E-state index in [2.05, 4.69) is 0 Å². The van der Waals surface area contributed by atoms with Crippen molar-refractivity contribution in [2.45, 2.75) is 20.3 Å². The van der Waals surface area contributed by atoms with Crippen molar-refractivity contribution in [1.82, 2.24) is 0 Å². The van der Waals surface area contributed by atoms with E-state index in [4.69, 9.17) is 26.1 Å². The lowest BCUT2D eigenvalue weighted by Crippen LogP contribution is -2.11. The minimum Gasteiger partial charge on any atom is -0.490 e. The lowest BCUT2D eigenvalue weighted by atomic mass is 10.1. The molecule has 0 saturated heterocycles. The van der Waals surface area contributed by atoms with Crippen LogP contribution in [0.25, 0.3) is 11.0 Å². The maximum Gasteiger partial charge on any atom is 0.194 e. The predicted octanol–water partition coefficient (Wildman–Crippen LogP) is 5.00. The van der Waals surface area contributed by atoms with Crippen LogP contribution in [0, 0.1) is 16.4 Å². The molecule has 1 aromatic carbocycles. The Hall–Kier alpha value is -1.44. The second-order valence-corrected chi connectivity index (χ2v) is 7.01. The molecule has 2 rings (SSSR count). The van der Waals surface area contributed by atoms with Crippen molar-refractivity contribution in [3.05, 3.63) is 34.8 Å². The average Bonchev–Trinajstić information content (AvgIpc) is 2.60. The number of thioether (sulfide) groups is 1. The van der Waals surface area contributed by atoms with E-state index in [0.717, 1.165) is 6.42 Å². The van der Waals surface area contributed by atoms with Crippen LogP contribution in [-0.2, 0) is 9.53 Å². The molecule has 1 aromatic heterocycles. The fourth-order valence-corrected chi connectivity index (χ4v) is 3.10. The van der Waals surface area contributed by atoms with Gasteiger partial charge >= 0.3 is 0 Å². The number of hydrogen-bond donors (Lipinski definition) is 0. The van der Waals surface area contributed by atoms with E-state index in [1.807, 2.05) is 13.8 Å². The molecule has 2 aromatic rings. The first-order chi connectivity index (χ1) is 12.0. The lowest BCUT2D eigenvalue weighted by molar-refractivity contribution is -0.114. The Morgan fingerprint density at radius 1 is 1.32 bits per heavy atom. The second-order valence-electron chi connectivity index (χ2n) is 5.51. The third kappa shape index (κ3) is 6.09. The molecule has 0 amide bonds. The van der Waals surface area contributed by atoms with E-state index in [1.165, 1.54) is 30.0 Å². The van der Waals surface area contributed by atoms with Crippen LogP contribution in [0.15, 0.2) is 28.7 Å². The smallest absolute Gasteiger partial charge is 0.194 e. The summed E-state index contributed by atoms with van der Waals surface area (Å²) in [6.07, 6.45) is 0.850. The Morgan fingerprint density at radius 2 is 2.12 bits per heavy atom. The summed E-state index contributed by atoms with van der Waals surface area (Å²) in [5.74, 6) is 0.801. The lowest BCUT2D eigenvalue weighted by Gasteiger charge is -2.10. The van der Waals surface area contributed by atoms with Crippen LogP contribution >= 0.6 is 24.0 Å². The molecular weight excluding hydrogens is 363 g/mol. The van der Waals surface area contributed by atoms with Crippen molar-refractivity contribution in [1.29, 1.82) is 0 Å². The molecule has 1 unspecified atom stereocenters. The zero-order valence-corrected chi connectivity index (χ0v) is 15.9. The summed E-state index contributed by atoms with van der Waals surface area (Å²) in [4.78, 5) is 11.7. The van der Waals surface area contributed by atoms with Crippen molar-refractivity contribution >= 4 is 40.1 Å². The molecule has 0 aliphatic heterocycles. The molecule has 0 N–H and O–H groups in total. The molecule has 0 aliphatic rings. The highest BCUT2D eigenvalue weighted by Crippen LogP contribution is 2.27. The Bertz CT molecular complexity index is 775. The molecule has 0 aliphatic carbocycles. The number of fused-ring (bicyclic) bond motifs is 1. The number of halogens is 1. The normalized spacial score (nSPS) is 12.3. The summed E-state index contributed by atoms with van der Waals surface area (Å²) in [5, 5.41) is 0.727. The van der Waals surface area contributed by atoms with Gasteiger partial charge in [0.2, 0.25) is 0 Å². The number of carbonyl (C=O) groups excluding carboxylic acids is 1. The van der Waals surface area contributed by atoms with E-state index < -0.39 is 0 Å². The molecule has 0 fully saturated rings. The molecule has 0 radical (unpaired) electrons. The maximum atomic E-state index is 13.4. The number of carbonyl (C=O) groups is 1. The molecule has 0 spiro atoms. The van der Waals surface area contributed by atoms with Crippen molar-refractivity contribution in [3.63, 3.8) is 0 Å². The van der Waals surface area contributed by atoms with Crippen LogP contribution in [-0.4, -0.2) is 30.7 Å². The van der Waals surface area contributed by atoms with Crippen molar-refractivity contribution in [2.24, 2.45) is 5.92 Å². The van der Waals surface area contributed by atoms with Crippen LogP contribution in [0.5, 0.6) is 5.75 Å². The third-order valence-corrected chi connectivity index (χ3v) is 4.90. The standard InChI is InChI=1S/C18H21FO4S2/c1-3-12(2)18(20)25-9-8-21-6-7-22-16-11-17(24)23-15-5-4-13(19)10-14(15)16/h4-5,10-12H,3,6-9H2,1-2H3. The van der Waals surface area contributed by atoms with Gasteiger partial charge in [-0.15, -0.1) is 0 Å². The largest absolute Gasteiger partial charge is 0.490 e. The molecule has 0 saturated carbocycles. The third-order valence-electron chi connectivity index (χ3n) is 3.64. The molecule has 136 valence electrons. The number of rotatable bonds is 9. The predicted molar refractivity (Wildman–Crippen MR) is 100 cm³/mol. The van der Waals surface area contributed by atoms with E-state index in [0.29, 0.717) is 42.3 Å². The van der Waals surface area contributed by atoms with Crippen LogP contribution in [0.3, 0.4) is 0 Å². The first-order valence-electron chi connectivity index (χ1n) is 8.12. The monoisotopic (exact) mass is 384 g/mol. The fourth-order valence-electron chi connectivity index (χ4n) is 2.05. The molecule has 1 heterocycles. The van der Waals surface area contributed by atoms with Gasteiger partial charge in [-0.1, -0.05) is 25.6 Å². The summed E-state index contributed by atoms with van der Waals surface area (Å²) >= 11 is 6.34. The first-order valence-corrected chi connectivity index (χ1v) is 9.51. The summed E-state index contributed by atoms with van der Waals surface area (Å²) in [6, 6.07) is 5.74. The van der Waals surface area contributed by atoms with Gasteiger partial charge in [-0.25, -0.2) is 4.39 Å². The Kier molecular flexibility index (Phi) is 7.87. The summed E-state index contributed by atoms with van der Waals surface area (Å²) in [7, 11) is 0. The molecule has 1 atom stereocenters. The van der Waals surface area contributed by atoms with Crippen LogP contribution in [0.4, 0.5) is 4.39 Å². The average molecular weight is 384 g/mol. The van der Waals surface area contributed by atoms with Gasteiger partial charge < -0.3 is 13.9 Å². The van der Waals surface area contributed by atoms with Crippen molar-refractivity contribution in [3.8, 4) is 5.75 Å². The van der Waals surface area contributed by atoms with Crippen LogP contribution < -0.4 is 4.74 Å². The number of ether oxygens (including phenoxy) is 2. The Labute approximate surface area is 155 Å². The van der Waals surface area contributed by atoms with Crippen molar-refractivity contribution < 1.29 is 23.1 Å². The van der Waals surface area contributed by atoms with Crippen LogP contribution in [0.1, 0.15) is 20.3 Å². The first kappa shape index (κ1) is 19.9. The molecule has 4 nitrogen and oxygen atoms in total. The van der Waals surface area contributed by atoms with Gasteiger partial charge in [-0.05, 0) is 36.8 Å². The highest BCUT2D eigenvalue weighted by atomic mass is 32.2. The van der Waals surface area contributed by atoms with E-state index in [9.17, 15) is 9.18 Å². The van der Waals surface area contributed by atoms with E-state index >= 15 is 0 Å². The minimum absolute atomic E-state index is 0.0816. The number of benzene rings is 1. The van der Waals surface area contributed by atoms with Gasteiger partial charge in [0.15, 0.2) is 9.82 Å². The zero-order chi connectivity index (χ0) is 18.2. The SMILES string of the molecule is CCC(C)C(=O)SCCOCCOc1cc(=S)oc2ccc(F)cc12.